The van der Waals surface area contributed by atoms with Crippen LogP contribution in [0.1, 0.15) is 18.5 Å². The van der Waals surface area contributed by atoms with E-state index in [0.29, 0.717) is 5.75 Å². The molecule has 1 aliphatic rings. The first-order chi connectivity index (χ1) is 10.1. The predicted octanol–water partition coefficient (Wildman–Crippen LogP) is 2.51. The zero-order valence-electron chi connectivity index (χ0n) is 11.9. The third-order valence-electron chi connectivity index (χ3n) is 3.63. The zero-order valence-corrected chi connectivity index (χ0v) is 11.9. The van der Waals surface area contributed by atoms with Crippen molar-refractivity contribution in [2.24, 2.45) is 5.73 Å². The standard InChI is InChI=1S/C16H18FN3O/c1-11(18)12-2-4-13(5-3-12)20-9-15(10-20)21-14-6-7-19-16(17)8-14/h2-8,11,15H,9-10,18H2,1H3. The molecule has 1 aromatic carbocycles. The summed E-state index contributed by atoms with van der Waals surface area (Å²) in [4.78, 5) is 5.72. The summed E-state index contributed by atoms with van der Waals surface area (Å²) in [5.41, 5.74) is 8.11. The molecule has 0 bridgehead atoms. The van der Waals surface area contributed by atoms with Gasteiger partial charge in [0.1, 0.15) is 11.9 Å². The number of ether oxygens (including phenoxy) is 1. The molecule has 1 aromatic heterocycles. The van der Waals surface area contributed by atoms with E-state index in [4.69, 9.17) is 10.5 Å². The van der Waals surface area contributed by atoms with Gasteiger partial charge in [-0.15, -0.1) is 0 Å². The maximum Gasteiger partial charge on any atom is 0.216 e. The molecule has 1 fully saturated rings. The molecular weight excluding hydrogens is 269 g/mol. The molecule has 21 heavy (non-hydrogen) atoms. The molecule has 4 nitrogen and oxygen atoms in total. The molecule has 1 atom stereocenters. The SMILES string of the molecule is CC(N)c1ccc(N2CC(Oc3ccnc(F)c3)C2)cc1. The molecule has 2 N–H and O–H groups in total. The topological polar surface area (TPSA) is 51.4 Å². The van der Waals surface area contributed by atoms with Crippen molar-refractivity contribution in [2.75, 3.05) is 18.0 Å². The van der Waals surface area contributed by atoms with Gasteiger partial charge in [0.25, 0.3) is 0 Å². The van der Waals surface area contributed by atoms with Crippen LogP contribution in [0.5, 0.6) is 5.75 Å². The van der Waals surface area contributed by atoms with Crippen LogP contribution in [0.4, 0.5) is 10.1 Å². The summed E-state index contributed by atoms with van der Waals surface area (Å²) in [6, 6.07) is 11.3. The molecule has 0 saturated carbocycles. The molecule has 0 spiro atoms. The van der Waals surface area contributed by atoms with Crippen LogP contribution < -0.4 is 15.4 Å². The highest BCUT2D eigenvalue weighted by Crippen LogP contribution is 2.25. The number of nitrogens with two attached hydrogens (primary N) is 1. The Hall–Kier alpha value is -2.14. The van der Waals surface area contributed by atoms with Crippen LogP contribution in [0.25, 0.3) is 0 Å². The van der Waals surface area contributed by atoms with Gasteiger partial charge in [-0.2, -0.15) is 4.39 Å². The molecule has 0 radical (unpaired) electrons. The third-order valence-corrected chi connectivity index (χ3v) is 3.63. The summed E-state index contributed by atoms with van der Waals surface area (Å²) in [6.07, 6.45) is 1.49. The van der Waals surface area contributed by atoms with E-state index in [1.165, 1.54) is 12.3 Å². The molecule has 110 valence electrons. The first kappa shape index (κ1) is 13.8. The molecule has 1 unspecified atom stereocenters. The van der Waals surface area contributed by atoms with Gasteiger partial charge in [0.05, 0.1) is 13.1 Å². The summed E-state index contributed by atoms with van der Waals surface area (Å²) in [7, 11) is 0. The van der Waals surface area contributed by atoms with Crippen molar-refractivity contribution >= 4 is 5.69 Å². The van der Waals surface area contributed by atoms with Crippen molar-refractivity contribution in [2.45, 2.75) is 19.1 Å². The largest absolute Gasteiger partial charge is 0.487 e. The highest BCUT2D eigenvalue weighted by molar-refractivity contribution is 5.50. The van der Waals surface area contributed by atoms with Crippen LogP contribution in [0.2, 0.25) is 0 Å². The Morgan fingerprint density at radius 2 is 2.00 bits per heavy atom. The van der Waals surface area contributed by atoms with E-state index in [9.17, 15) is 4.39 Å². The lowest BCUT2D eigenvalue weighted by molar-refractivity contribution is 0.166. The van der Waals surface area contributed by atoms with Gasteiger partial charge in [-0.25, -0.2) is 4.98 Å². The smallest absolute Gasteiger partial charge is 0.216 e. The van der Waals surface area contributed by atoms with Gasteiger partial charge in [-0.3, -0.25) is 0 Å². The molecule has 0 amide bonds. The molecule has 5 heteroatoms. The number of nitrogens with zero attached hydrogens (tertiary/aromatic N) is 2. The van der Waals surface area contributed by atoms with E-state index >= 15 is 0 Å². The summed E-state index contributed by atoms with van der Waals surface area (Å²) >= 11 is 0. The zero-order chi connectivity index (χ0) is 14.8. The first-order valence-electron chi connectivity index (χ1n) is 7.00. The number of hydrogen-bond acceptors (Lipinski definition) is 4. The van der Waals surface area contributed by atoms with E-state index in [1.807, 2.05) is 19.1 Å². The fourth-order valence-corrected chi connectivity index (χ4v) is 2.36. The van der Waals surface area contributed by atoms with E-state index in [-0.39, 0.29) is 12.1 Å². The lowest BCUT2D eigenvalue weighted by Gasteiger charge is -2.40. The average Bonchev–Trinajstić information content (AvgIpc) is 2.42. The van der Waals surface area contributed by atoms with Crippen molar-refractivity contribution in [3.8, 4) is 5.75 Å². The Bertz CT molecular complexity index is 609. The Morgan fingerprint density at radius 1 is 1.29 bits per heavy atom. The minimum absolute atomic E-state index is 0.0492. The highest BCUT2D eigenvalue weighted by atomic mass is 19.1. The van der Waals surface area contributed by atoms with Crippen LogP contribution in [0, 0.1) is 5.95 Å². The Morgan fingerprint density at radius 3 is 2.62 bits per heavy atom. The lowest BCUT2D eigenvalue weighted by atomic mass is 10.1. The molecule has 1 aliphatic heterocycles. The highest BCUT2D eigenvalue weighted by Gasteiger charge is 2.28. The van der Waals surface area contributed by atoms with Gasteiger partial charge >= 0.3 is 0 Å². The fraction of sp³-hybridized carbons (Fsp3) is 0.312. The minimum Gasteiger partial charge on any atom is -0.487 e. The van der Waals surface area contributed by atoms with E-state index in [2.05, 4.69) is 22.0 Å². The van der Waals surface area contributed by atoms with Gasteiger partial charge < -0.3 is 15.4 Å². The summed E-state index contributed by atoms with van der Waals surface area (Å²) < 4.78 is 18.7. The normalized spacial score (nSPS) is 16.4. The first-order valence-corrected chi connectivity index (χ1v) is 7.00. The second-order valence-electron chi connectivity index (χ2n) is 5.34. The van der Waals surface area contributed by atoms with Gasteiger partial charge in [0.15, 0.2) is 0 Å². The van der Waals surface area contributed by atoms with Gasteiger partial charge in [0, 0.05) is 24.0 Å². The van der Waals surface area contributed by atoms with Crippen molar-refractivity contribution < 1.29 is 9.13 Å². The second kappa shape index (κ2) is 5.69. The Balaban J connectivity index is 1.55. The third kappa shape index (κ3) is 3.13. The molecule has 0 aliphatic carbocycles. The van der Waals surface area contributed by atoms with Crippen LogP contribution in [-0.4, -0.2) is 24.2 Å². The van der Waals surface area contributed by atoms with Crippen molar-refractivity contribution in [3.63, 3.8) is 0 Å². The monoisotopic (exact) mass is 287 g/mol. The quantitative estimate of drug-likeness (QED) is 0.878. The van der Waals surface area contributed by atoms with E-state index in [1.54, 1.807) is 6.07 Å². The van der Waals surface area contributed by atoms with E-state index in [0.717, 1.165) is 24.3 Å². The second-order valence-corrected chi connectivity index (χ2v) is 5.34. The number of aromatic nitrogens is 1. The van der Waals surface area contributed by atoms with Crippen LogP contribution in [-0.2, 0) is 0 Å². The molecule has 2 heterocycles. The average molecular weight is 287 g/mol. The number of anilines is 1. The summed E-state index contributed by atoms with van der Waals surface area (Å²) in [5.74, 6) is 0.00891. The lowest BCUT2D eigenvalue weighted by Crippen LogP contribution is -2.54. The number of rotatable bonds is 4. The molecule has 1 saturated heterocycles. The molecular formula is C16H18FN3O. The van der Waals surface area contributed by atoms with Gasteiger partial charge in [-0.05, 0) is 30.7 Å². The number of hydrogen-bond donors (Lipinski definition) is 1. The van der Waals surface area contributed by atoms with Crippen LogP contribution in [0.3, 0.4) is 0 Å². The van der Waals surface area contributed by atoms with Crippen molar-refractivity contribution in [3.05, 3.63) is 54.1 Å². The summed E-state index contributed by atoms with van der Waals surface area (Å²) in [6.45, 7) is 3.55. The fourth-order valence-electron chi connectivity index (χ4n) is 2.36. The van der Waals surface area contributed by atoms with E-state index < -0.39 is 5.95 Å². The van der Waals surface area contributed by atoms with Crippen molar-refractivity contribution in [1.29, 1.82) is 0 Å². The maximum absolute atomic E-state index is 13.0. The number of benzene rings is 1. The summed E-state index contributed by atoms with van der Waals surface area (Å²) in [5, 5.41) is 0. The minimum atomic E-state index is -0.518. The predicted molar refractivity (Wildman–Crippen MR) is 79.9 cm³/mol. The van der Waals surface area contributed by atoms with Crippen molar-refractivity contribution in [1.82, 2.24) is 4.98 Å². The van der Waals surface area contributed by atoms with Crippen LogP contribution in [0.15, 0.2) is 42.6 Å². The number of halogens is 1. The van der Waals surface area contributed by atoms with Crippen LogP contribution >= 0.6 is 0 Å². The maximum atomic E-state index is 13.0. The molecule has 2 aromatic rings. The Labute approximate surface area is 123 Å². The van der Waals surface area contributed by atoms with Gasteiger partial charge in [0.2, 0.25) is 5.95 Å². The Kier molecular flexibility index (Phi) is 3.75. The van der Waals surface area contributed by atoms with Gasteiger partial charge in [-0.1, -0.05) is 12.1 Å². The number of pyridine rings is 1. The molecule has 3 rings (SSSR count).